The van der Waals surface area contributed by atoms with E-state index in [4.69, 9.17) is 4.74 Å². The van der Waals surface area contributed by atoms with Crippen molar-refractivity contribution in [2.24, 2.45) is 5.41 Å². The van der Waals surface area contributed by atoms with Crippen molar-refractivity contribution in [1.82, 2.24) is 5.32 Å². The number of nitrogens with one attached hydrogen (secondary N) is 1. The largest absolute Gasteiger partial charge is 0.368 e. The van der Waals surface area contributed by atoms with E-state index in [1.165, 1.54) is 0 Å². The molecule has 0 aromatic carbocycles. The number of hydrogen-bond donors (Lipinski definition) is 1. The lowest BCUT2D eigenvalue weighted by molar-refractivity contribution is -0.130. The summed E-state index contributed by atoms with van der Waals surface area (Å²) in [5.41, 5.74) is 0.189. The molecule has 0 aliphatic carbocycles. The molecule has 0 radical (unpaired) electrons. The van der Waals surface area contributed by atoms with Crippen LogP contribution in [0.1, 0.15) is 39.5 Å². The molecule has 1 fully saturated rings. The number of rotatable bonds is 6. The number of carbonyl (C=O) groups excluding carboxylic acids is 1. The van der Waals surface area contributed by atoms with Gasteiger partial charge < -0.3 is 10.1 Å². The number of alkyl halides is 1. The first-order valence-corrected chi connectivity index (χ1v) is 7.25. The van der Waals surface area contributed by atoms with E-state index < -0.39 is 0 Å². The van der Waals surface area contributed by atoms with Crippen LogP contribution in [0.3, 0.4) is 0 Å². The van der Waals surface area contributed by atoms with Crippen LogP contribution in [0.15, 0.2) is 0 Å². The fourth-order valence-corrected chi connectivity index (χ4v) is 2.90. The van der Waals surface area contributed by atoms with Gasteiger partial charge >= 0.3 is 0 Å². The minimum absolute atomic E-state index is 0.0599. The molecule has 1 amide bonds. The second kappa shape index (κ2) is 6.60. The Balaban J connectivity index is 2.39. The van der Waals surface area contributed by atoms with E-state index in [1.807, 2.05) is 0 Å². The van der Waals surface area contributed by atoms with Crippen LogP contribution in [0.5, 0.6) is 0 Å². The molecular weight excluding hydrogens is 270 g/mol. The van der Waals surface area contributed by atoms with Gasteiger partial charge in [0.1, 0.15) is 6.10 Å². The molecule has 0 aromatic rings. The highest BCUT2D eigenvalue weighted by atomic mass is 79.9. The van der Waals surface area contributed by atoms with Gasteiger partial charge in [-0.25, -0.2) is 0 Å². The maximum Gasteiger partial charge on any atom is 0.249 e. The Hall–Kier alpha value is -0.0900. The molecule has 16 heavy (non-hydrogen) atoms. The summed E-state index contributed by atoms with van der Waals surface area (Å²) in [6.45, 7) is 5.80. The Morgan fingerprint density at radius 2 is 2.19 bits per heavy atom. The second-order valence-corrected chi connectivity index (χ2v) is 5.12. The molecule has 0 spiro atoms. The average molecular weight is 292 g/mol. The normalized spacial score (nSPS) is 21.1. The molecule has 1 saturated heterocycles. The van der Waals surface area contributed by atoms with Gasteiger partial charge in [-0.3, -0.25) is 4.79 Å². The maximum absolute atomic E-state index is 11.8. The van der Waals surface area contributed by atoms with Crippen molar-refractivity contribution in [1.29, 1.82) is 0 Å². The number of hydrogen-bond acceptors (Lipinski definition) is 2. The van der Waals surface area contributed by atoms with Crippen LogP contribution < -0.4 is 5.32 Å². The van der Waals surface area contributed by atoms with E-state index in [9.17, 15) is 4.79 Å². The maximum atomic E-state index is 11.8. The van der Waals surface area contributed by atoms with Crippen LogP contribution >= 0.6 is 15.9 Å². The van der Waals surface area contributed by atoms with Gasteiger partial charge in [-0.1, -0.05) is 29.8 Å². The number of ether oxygens (including phenoxy) is 1. The summed E-state index contributed by atoms with van der Waals surface area (Å²) in [5.74, 6) is 0.0599. The molecule has 3 nitrogen and oxygen atoms in total. The smallest absolute Gasteiger partial charge is 0.249 e. The van der Waals surface area contributed by atoms with Crippen LogP contribution in [0.2, 0.25) is 0 Å². The van der Waals surface area contributed by atoms with Gasteiger partial charge in [-0.2, -0.15) is 0 Å². The molecule has 0 bridgehead atoms. The van der Waals surface area contributed by atoms with Gasteiger partial charge in [-0.05, 0) is 31.1 Å². The predicted molar refractivity (Wildman–Crippen MR) is 68.8 cm³/mol. The van der Waals surface area contributed by atoms with E-state index in [0.717, 1.165) is 44.2 Å². The molecule has 1 atom stereocenters. The molecule has 0 saturated carbocycles. The summed E-state index contributed by atoms with van der Waals surface area (Å²) in [5, 5.41) is 3.95. The summed E-state index contributed by atoms with van der Waals surface area (Å²) < 4.78 is 5.36. The number of carbonyl (C=O) groups is 1. The Bertz CT molecular complexity index is 215. The summed E-state index contributed by atoms with van der Waals surface area (Å²) in [6, 6.07) is 0. The molecule has 0 aromatic heterocycles. The molecule has 1 N–H and O–H groups in total. The lowest BCUT2D eigenvalue weighted by Gasteiger charge is -2.30. The van der Waals surface area contributed by atoms with E-state index in [0.29, 0.717) is 0 Å². The molecular formula is C12H22BrNO2. The summed E-state index contributed by atoms with van der Waals surface area (Å²) in [6.07, 6.45) is 3.80. The minimum Gasteiger partial charge on any atom is -0.368 e. The average Bonchev–Trinajstić information content (AvgIpc) is 2.85. The Kier molecular flexibility index (Phi) is 5.76. The zero-order valence-corrected chi connectivity index (χ0v) is 11.8. The SMILES string of the molecule is CCC(CC)(CBr)CNC(=O)C1CCCO1. The fraction of sp³-hybridized carbons (Fsp3) is 0.917. The molecule has 1 heterocycles. The Morgan fingerprint density at radius 1 is 1.50 bits per heavy atom. The van der Waals surface area contributed by atoms with Gasteiger partial charge in [0.25, 0.3) is 0 Å². The predicted octanol–water partition coefficient (Wildman–Crippen LogP) is 2.48. The third kappa shape index (κ3) is 3.45. The zero-order valence-electron chi connectivity index (χ0n) is 10.2. The molecule has 4 heteroatoms. The molecule has 94 valence electrons. The molecule has 1 unspecified atom stereocenters. The quantitative estimate of drug-likeness (QED) is 0.764. The van der Waals surface area contributed by atoms with Crippen LogP contribution in [0.4, 0.5) is 0 Å². The Labute approximate surface area is 106 Å². The van der Waals surface area contributed by atoms with Crippen LogP contribution in [-0.4, -0.2) is 30.5 Å². The van der Waals surface area contributed by atoms with Crippen LogP contribution in [0, 0.1) is 5.41 Å². The highest BCUT2D eigenvalue weighted by Gasteiger charge is 2.28. The fourth-order valence-electron chi connectivity index (χ4n) is 1.91. The van der Waals surface area contributed by atoms with Crippen molar-refractivity contribution in [3.63, 3.8) is 0 Å². The number of amides is 1. The summed E-state index contributed by atoms with van der Waals surface area (Å²) in [7, 11) is 0. The molecule has 1 aliphatic heterocycles. The van der Waals surface area contributed by atoms with E-state index in [-0.39, 0.29) is 17.4 Å². The highest BCUT2D eigenvalue weighted by Crippen LogP contribution is 2.27. The van der Waals surface area contributed by atoms with Gasteiger partial charge in [0.2, 0.25) is 5.91 Å². The van der Waals surface area contributed by atoms with E-state index >= 15 is 0 Å². The van der Waals surface area contributed by atoms with Gasteiger partial charge in [-0.15, -0.1) is 0 Å². The van der Waals surface area contributed by atoms with Crippen molar-refractivity contribution < 1.29 is 9.53 Å². The summed E-state index contributed by atoms with van der Waals surface area (Å²) in [4.78, 5) is 11.8. The van der Waals surface area contributed by atoms with E-state index in [1.54, 1.807) is 0 Å². The Morgan fingerprint density at radius 3 is 2.62 bits per heavy atom. The third-order valence-corrected chi connectivity index (χ3v) is 4.83. The third-order valence-electron chi connectivity index (χ3n) is 3.64. The first kappa shape index (κ1) is 14.0. The molecule has 1 aliphatic rings. The van der Waals surface area contributed by atoms with Gasteiger partial charge in [0, 0.05) is 18.5 Å². The summed E-state index contributed by atoms with van der Waals surface area (Å²) >= 11 is 3.54. The van der Waals surface area contributed by atoms with Crippen molar-refractivity contribution in [2.45, 2.75) is 45.6 Å². The van der Waals surface area contributed by atoms with Crippen molar-refractivity contribution in [2.75, 3.05) is 18.5 Å². The lowest BCUT2D eigenvalue weighted by Crippen LogP contribution is -2.42. The van der Waals surface area contributed by atoms with Gasteiger partial charge in [0.15, 0.2) is 0 Å². The first-order valence-electron chi connectivity index (χ1n) is 6.12. The molecule has 1 rings (SSSR count). The lowest BCUT2D eigenvalue weighted by atomic mass is 9.84. The second-order valence-electron chi connectivity index (χ2n) is 4.56. The number of halogens is 1. The minimum atomic E-state index is -0.207. The monoisotopic (exact) mass is 291 g/mol. The van der Waals surface area contributed by atoms with Crippen molar-refractivity contribution in [3.05, 3.63) is 0 Å². The van der Waals surface area contributed by atoms with Gasteiger partial charge in [0.05, 0.1) is 0 Å². The van der Waals surface area contributed by atoms with E-state index in [2.05, 4.69) is 35.1 Å². The highest BCUT2D eigenvalue weighted by molar-refractivity contribution is 9.09. The van der Waals surface area contributed by atoms with Crippen LogP contribution in [0.25, 0.3) is 0 Å². The first-order chi connectivity index (χ1) is 7.67. The zero-order chi connectivity index (χ0) is 12.0. The van der Waals surface area contributed by atoms with Crippen LogP contribution in [-0.2, 0) is 9.53 Å². The topological polar surface area (TPSA) is 38.3 Å². The van der Waals surface area contributed by atoms with Crippen molar-refractivity contribution in [3.8, 4) is 0 Å². The standard InChI is InChI=1S/C12H22BrNO2/c1-3-12(4-2,8-13)9-14-11(15)10-6-5-7-16-10/h10H,3-9H2,1-2H3,(H,14,15). The van der Waals surface area contributed by atoms with Crippen molar-refractivity contribution >= 4 is 21.8 Å².